The summed E-state index contributed by atoms with van der Waals surface area (Å²) < 4.78 is 0. The highest BCUT2D eigenvalue weighted by atomic mass is 13.9. The van der Waals surface area contributed by atoms with Gasteiger partial charge in [-0.15, -0.1) is 0 Å². The minimum atomic E-state index is 1.14. The lowest BCUT2D eigenvalue weighted by Gasteiger charge is -1.93. The highest BCUT2D eigenvalue weighted by Crippen LogP contribution is 2.06. The SMILES string of the molecule is C=Cc1cccc(C=C)c1.Cc1ccccc1. The molecule has 0 heteroatoms. The number of rotatable bonds is 2. The number of hydrogen-bond acceptors (Lipinski definition) is 0. The maximum atomic E-state index is 3.67. The first-order valence-corrected chi connectivity index (χ1v) is 5.63. The van der Waals surface area contributed by atoms with Gasteiger partial charge in [0, 0.05) is 0 Å². The molecule has 0 amide bonds. The summed E-state index contributed by atoms with van der Waals surface area (Å²) in [5.74, 6) is 0. The van der Waals surface area contributed by atoms with Gasteiger partial charge < -0.3 is 0 Å². The molecule has 0 nitrogen and oxygen atoms in total. The van der Waals surface area contributed by atoms with Crippen LogP contribution in [0.5, 0.6) is 0 Å². The molecule has 0 spiro atoms. The fourth-order valence-corrected chi connectivity index (χ4v) is 1.35. The van der Waals surface area contributed by atoms with Gasteiger partial charge in [-0.25, -0.2) is 0 Å². The maximum Gasteiger partial charge on any atom is -0.0257 e. The van der Waals surface area contributed by atoms with Crippen LogP contribution < -0.4 is 0 Å². The van der Waals surface area contributed by atoms with Crippen LogP contribution >= 0.6 is 0 Å². The minimum Gasteiger partial charge on any atom is -0.0985 e. The third-order valence-corrected chi connectivity index (χ3v) is 2.32. The van der Waals surface area contributed by atoms with Crippen molar-refractivity contribution >= 4 is 12.2 Å². The Hall–Kier alpha value is -2.08. The molecule has 17 heavy (non-hydrogen) atoms. The molecule has 0 N–H and O–H groups in total. The summed E-state index contributed by atoms with van der Waals surface area (Å²) in [6, 6.07) is 18.3. The zero-order valence-corrected chi connectivity index (χ0v) is 10.3. The van der Waals surface area contributed by atoms with Gasteiger partial charge in [-0.1, -0.05) is 79.4 Å². The highest BCUT2D eigenvalue weighted by Gasteiger charge is 1.85. The van der Waals surface area contributed by atoms with E-state index in [1.165, 1.54) is 5.56 Å². The fourth-order valence-electron chi connectivity index (χ4n) is 1.35. The van der Waals surface area contributed by atoms with E-state index >= 15 is 0 Å². The average molecular weight is 222 g/mol. The predicted molar refractivity (Wildman–Crippen MR) is 77.8 cm³/mol. The van der Waals surface area contributed by atoms with E-state index in [0.717, 1.165) is 11.1 Å². The zero-order valence-electron chi connectivity index (χ0n) is 10.3. The van der Waals surface area contributed by atoms with Crippen LogP contribution in [0.15, 0.2) is 67.8 Å². The van der Waals surface area contributed by atoms with Gasteiger partial charge in [0.2, 0.25) is 0 Å². The first kappa shape index (κ1) is 13.0. The fraction of sp³-hybridized carbons (Fsp3) is 0.0588. The van der Waals surface area contributed by atoms with E-state index in [9.17, 15) is 0 Å². The van der Waals surface area contributed by atoms with Crippen LogP contribution in [-0.2, 0) is 0 Å². The van der Waals surface area contributed by atoms with Crippen LogP contribution in [0, 0.1) is 6.92 Å². The quantitative estimate of drug-likeness (QED) is 0.673. The minimum absolute atomic E-state index is 1.14. The molecular formula is C17H18. The highest BCUT2D eigenvalue weighted by molar-refractivity contribution is 5.55. The van der Waals surface area contributed by atoms with E-state index in [1.54, 1.807) is 0 Å². The van der Waals surface area contributed by atoms with Crippen LogP contribution in [0.3, 0.4) is 0 Å². The average Bonchev–Trinajstić information content (AvgIpc) is 2.40. The molecule has 2 aromatic carbocycles. The maximum absolute atomic E-state index is 3.67. The van der Waals surface area contributed by atoms with Gasteiger partial charge >= 0.3 is 0 Å². The van der Waals surface area contributed by atoms with Gasteiger partial charge in [0.15, 0.2) is 0 Å². The van der Waals surface area contributed by atoms with Gasteiger partial charge in [-0.3, -0.25) is 0 Å². The Morgan fingerprint density at radius 3 is 1.65 bits per heavy atom. The Morgan fingerprint density at radius 2 is 1.29 bits per heavy atom. The Balaban J connectivity index is 0.000000181. The summed E-state index contributed by atoms with van der Waals surface area (Å²) in [6.45, 7) is 9.43. The van der Waals surface area contributed by atoms with Crippen LogP contribution in [0.1, 0.15) is 16.7 Å². The summed E-state index contributed by atoms with van der Waals surface area (Å²) in [6.07, 6.45) is 3.65. The Labute approximate surface area is 104 Å². The second-order valence-corrected chi connectivity index (χ2v) is 3.73. The monoisotopic (exact) mass is 222 g/mol. The smallest absolute Gasteiger partial charge is 0.0257 e. The standard InChI is InChI=1S/C10H10.C7H8/c1-3-9-6-5-7-10(4-2)8-9;1-7-5-3-2-4-6-7/h3-8H,1-2H2;2-6H,1H3. The molecule has 0 aliphatic heterocycles. The molecule has 2 aromatic rings. The molecule has 2 rings (SSSR count). The van der Waals surface area contributed by atoms with Crippen LogP contribution in [0.4, 0.5) is 0 Å². The number of benzene rings is 2. The molecule has 0 aliphatic rings. The summed E-state index contributed by atoms with van der Waals surface area (Å²) >= 11 is 0. The number of aryl methyl sites for hydroxylation is 1. The molecule has 0 aromatic heterocycles. The van der Waals surface area contributed by atoms with Crippen molar-refractivity contribution in [2.75, 3.05) is 0 Å². The van der Waals surface area contributed by atoms with Gasteiger partial charge in [-0.05, 0) is 24.1 Å². The summed E-state index contributed by atoms with van der Waals surface area (Å²) in [4.78, 5) is 0. The van der Waals surface area contributed by atoms with E-state index in [-0.39, 0.29) is 0 Å². The third kappa shape index (κ3) is 4.98. The zero-order chi connectivity index (χ0) is 12.5. The van der Waals surface area contributed by atoms with Gasteiger partial charge in [0.1, 0.15) is 0 Å². The van der Waals surface area contributed by atoms with Gasteiger partial charge in [0.05, 0.1) is 0 Å². The predicted octanol–water partition coefficient (Wildman–Crippen LogP) is 4.97. The Kier molecular flexibility index (Phi) is 5.53. The van der Waals surface area contributed by atoms with Gasteiger partial charge in [-0.2, -0.15) is 0 Å². The summed E-state index contributed by atoms with van der Waals surface area (Å²) in [5.41, 5.74) is 3.59. The van der Waals surface area contributed by atoms with Crippen molar-refractivity contribution in [1.29, 1.82) is 0 Å². The normalized spacial score (nSPS) is 8.76. The largest absolute Gasteiger partial charge is 0.0985 e. The molecule has 86 valence electrons. The second kappa shape index (κ2) is 7.24. The topological polar surface area (TPSA) is 0 Å². The molecule has 0 saturated carbocycles. The molecule has 0 unspecified atom stereocenters. The summed E-state index contributed by atoms with van der Waals surface area (Å²) in [5, 5.41) is 0. The first-order valence-electron chi connectivity index (χ1n) is 5.63. The van der Waals surface area contributed by atoms with Gasteiger partial charge in [0.25, 0.3) is 0 Å². The Morgan fingerprint density at radius 1 is 0.765 bits per heavy atom. The van der Waals surface area contributed by atoms with Crippen molar-refractivity contribution in [1.82, 2.24) is 0 Å². The third-order valence-electron chi connectivity index (χ3n) is 2.32. The van der Waals surface area contributed by atoms with Crippen LogP contribution in [0.2, 0.25) is 0 Å². The van der Waals surface area contributed by atoms with Crippen molar-refractivity contribution in [2.45, 2.75) is 6.92 Å². The summed E-state index contributed by atoms with van der Waals surface area (Å²) in [7, 11) is 0. The first-order chi connectivity index (χ1) is 8.26. The van der Waals surface area contributed by atoms with E-state index < -0.39 is 0 Å². The van der Waals surface area contributed by atoms with E-state index in [0.29, 0.717) is 0 Å². The van der Waals surface area contributed by atoms with Crippen molar-refractivity contribution in [3.05, 3.63) is 84.4 Å². The molecular weight excluding hydrogens is 204 g/mol. The van der Waals surface area contributed by atoms with Crippen molar-refractivity contribution < 1.29 is 0 Å². The molecule has 0 heterocycles. The molecule has 0 saturated heterocycles. The molecule has 0 atom stereocenters. The van der Waals surface area contributed by atoms with Crippen LogP contribution in [0.25, 0.3) is 12.2 Å². The Bertz CT molecular complexity index is 443. The van der Waals surface area contributed by atoms with Crippen LogP contribution in [-0.4, -0.2) is 0 Å². The van der Waals surface area contributed by atoms with E-state index in [4.69, 9.17) is 0 Å². The second-order valence-electron chi connectivity index (χ2n) is 3.73. The molecule has 0 fully saturated rings. The molecule has 0 aliphatic carbocycles. The van der Waals surface area contributed by atoms with Crippen molar-refractivity contribution in [2.24, 2.45) is 0 Å². The molecule has 0 radical (unpaired) electrons. The van der Waals surface area contributed by atoms with E-state index in [1.807, 2.05) is 54.6 Å². The van der Waals surface area contributed by atoms with Crippen molar-refractivity contribution in [3.8, 4) is 0 Å². The lowest BCUT2D eigenvalue weighted by Crippen LogP contribution is -1.72. The molecule has 0 bridgehead atoms. The lowest BCUT2D eigenvalue weighted by atomic mass is 10.1. The van der Waals surface area contributed by atoms with E-state index in [2.05, 4.69) is 32.2 Å². The lowest BCUT2D eigenvalue weighted by molar-refractivity contribution is 1.48. The number of hydrogen-bond donors (Lipinski definition) is 0. The van der Waals surface area contributed by atoms with Crippen molar-refractivity contribution in [3.63, 3.8) is 0 Å².